The van der Waals surface area contributed by atoms with Crippen LogP contribution in [-0.4, -0.2) is 22.8 Å². The predicted octanol–water partition coefficient (Wildman–Crippen LogP) is 3.92. The maximum Gasteiger partial charge on any atom is 0.256 e. The Morgan fingerprint density at radius 2 is 1.84 bits per heavy atom. The van der Waals surface area contributed by atoms with Crippen LogP contribution in [0.3, 0.4) is 0 Å². The molecule has 6 nitrogen and oxygen atoms in total. The average molecular weight is 341 g/mol. The molecule has 1 heterocycles. The molecule has 0 atom stereocenters. The Balaban J connectivity index is 1.73. The smallest absolute Gasteiger partial charge is 0.256 e. The summed E-state index contributed by atoms with van der Waals surface area (Å²) in [7, 11) is 0. The Morgan fingerprint density at radius 1 is 1.12 bits per heavy atom. The number of ether oxygens (including phenoxy) is 1. The fraction of sp³-hybridized carbons (Fsp3) is 0.167. The van der Waals surface area contributed by atoms with E-state index in [0.717, 1.165) is 6.42 Å². The lowest BCUT2D eigenvalue weighted by Crippen LogP contribution is -2.12. The number of halogens is 1. The van der Waals surface area contributed by atoms with E-state index in [1.165, 1.54) is 24.3 Å². The Bertz CT molecular complexity index is 845. The van der Waals surface area contributed by atoms with Gasteiger partial charge in [-0.05, 0) is 65.3 Å². The van der Waals surface area contributed by atoms with Gasteiger partial charge >= 0.3 is 0 Å². The first-order chi connectivity index (χ1) is 12.2. The summed E-state index contributed by atoms with van der Waals surface area (Å²) in [5.41, 5.74) is 1.36. The quantitative estimate of drug-likeness (QED) is 0.735. The summed E-state index contributed by atoms with van der Waals surface area (Å²) in [6.45, 7) is 2.64. The third kappa shape index (κ3) is 4.00. The first-order valence-electron chi connectivity index (χ1n) is 7.80. The van der Waals surface area contributed by atoms with Crippen LogP contribution in [0.2, 0.25) is 0 Å². The Hall–Kier alpha value is -3.22. The van der Waals surface area contributed by atoms with Gasteiger partial charge < -0.3 is 10.1 Å². The second kappa shape index (κ2) is 7.57. The van der Waals surface area contributed by atoms with Crippen molar-refractivity contribution in [2.45, 2.75) is 13.3 Å². The number of nitrogens with one attached hydrogen (secondary N) is 1. The van der Waals surface area contributed by atoms with E-state index >= 15 is 0 Å². The zero-order valence-corrected chi connectivity index (χ0v) is 13.5. The molecular weight excluding hydrogens is 325 g/mol. The molecule has 3 rings (SSSR count). The summed E-state index contributed by atoms with van der Waals surface area (Å²) in [6.07, 6.45) is 0.910. The topological polar surface area (TPSA) is 77.2 Å². The van der Waals surface area contributed by atoms with Gasteiger partial charge in [-0.1, -0.05) is 6.92 Å². The fourth-order valence-corrected chi connectivity index (χ4v) is 2.17. The Labute approximate surface area is 143 Å². The van der Waals surface area contributed by atoms with Crippen molar-refractivity contribution in [1.29, 1.82) is 0 Å². The molecule has 0 radical (unpaired) electrons. The minimum atomic E-state index is -0.365. The molecule has 0 spiro atoms. The Morgan fingerprint density at radius 3 is 2.52 bits per heavy atom. The zero-order chi connectivity index (χ0) is 17.6. The molecule has 0 saturated heterocycles. The van der Waals surface area contributed by atoms with E-state index in [4.69, 9.17) is 9.37 Å². The molecule has 0 fully saturated rings. The highest BCUT2D eigenvalue weighted by Gasteiger charge is 2.16. The molecular formula is C18H16FN3O3. The summed E-state index contributed by atoms with van der Waals surface area (Å²) < 4.78 is 23.2. The fourth-order valence-electron chi connectivity index (χ4n) is 2.17. The van der Waals surface area contributed by atoms with E-state index in [-0.39, 0.29) is 17.5 Å². The number of carbonyl (C=O) groups is 1. The maximum atomic E-state index is 13.0. The van der Waals surface area contributed by atoms with Gasteiger partial charge in [0.2, 0.25) is 5.82 Å². The summed E-state index contributed by atoms with van der Waals surface area (Å²) in [5.74, 6) is 0.147. The van der Waals surface area contributed by atoms with Crippen LogP contribution in [0.5, 0.6) is 5.75 Å². The maximum absolute atomic E-state index is 13.0. The largest absolute Gasteiger partial charge is 0.494 e. The highest BCUT2D eigenvalue weighted by molar-refractivity contribution is 6.05. The minimum absolute atomic E-state index is 0.169. The summed E-state index contributed by atoms with van der Waals surface area (Å²) in [5, 5.41) is 10.1. The highest BCUT2D eigenvalue weighted by atomic mass is 19.1. The first kappa shape index (κ1) is 16.6. The molecule has 0 unspecified atom stereocenters. The lowest BCUT2D eigenvalue weighted by atomic mass is 10.1. The van der Waals surface area contributed by atoms with Crippen molar-refractivity contribution in [3.8, 4) is 17.0 Å². The van der Waals surface area contributed by atoms with Gasteiger partial charge in [-0.25, -0.2) is 9.02 Å². The lowest BCUT2D eigenvalue weighted by Gasteiger charge is -2.06. The predicted molar refractivity (Wildman–Crippen MR) is 89.9 cm³/mol. The van der Waals surface area contributed by atoms with E-state index in [0.29, 0.717) is 29.2 Å². The number of hydrogen-bond donors (Lipinski definition) is 1. The number of nitrogens with zero attached hydrogens (tertiary/aromatic N) is 2. The molecule has 0 aliphatic carbocycles. The van der Waals surface area contributed by atoms with Gasteiger partial charge in [0.15, 0.2) is 5.69 Å². The third-order valence-corrected chi connectivity index (χ3v) is 3.43. The van der Waals surface area contributed by atoms with Crippen molar-refractivity contribution in [3.05, 3.63) is 59.9 Å². The number of amides is 1. The molecule has 0 saturated carbocycles. The SMILES string of the molecule is CCCOc1ccc(C(=O)Nc2nonc2-c2ccc(F)cc2)cc1. The van der Waals surface area contributed by atoms with Crippen molar-refractivity contribution < 1.29 is 18.6 Å². The number of rotatable bonds is 6. The number of carbonyl (C=O) groups excluding carboxylic acids is 1. The van der Waals surface area contributed by atoms with Crippen molar-refractivity contribution in [2.24, 2.45) is 0 Å². The third-order valence-electron chi connectivity index (χ3n) is 3.43. The van der Waals surface area contributed by atoms with Crippen molar-refractivity contribution in [3.63, 3.8) is 0 Å². The van der Waals surface area contributed by atoms with Gasteiger partial charge in [0.25, 0.3) is 5.91 Å². The molecule has 0 bridgehead atoms. The number of hydrogen-bond acceptors (Lipinski definition) is 5. The first-order valence-corrected chi connectivity index (χ1v) is 7.80. The van der Waals surface area contributed by atoms with E-state index in [1.54, 1.807) is 24.3 Å². The number of anilines is 1. The molecule has 1 amide bonds. The summed E-state index contributed by atoms with van der Waals surface area (Å²) in [6, 6.07) is 12.4. The van der Waals surface area contributed by atoms with Crippen LogP contribution >= 0.6 is 0 Å². The molecule has 1 N–H and O–H groups in total. The van der Waals surface area contributed by atoms with E-state index < -0.39 is 0 Å². The minimum Gasteiger partial charge on any atom is -0.494 e. The van der Waals surface area contributed by atoms with Gasteiger partial charge in [0.1, 0.15) is 11.6 Å². The van der Waals surface area contributed by atoms with Gasteiger partial charge in [-0.15, -0.1) is 0 Å². The number of aromatic nitrogens is 2. The van der Waals surface area contributed by atoms with E-state index in [9.17, 15) is 9.18 Å². The van der Waals surface area contributed by atoms with Crippen LogP contribution in [0.25, 0.3) is 11.3 Å². The highest BCUT2D eigenvalue weighted by Crippen LogP contribution is 2.25. The molecule has 2 aromatic carbocycles. The lowest BCUT2D eigenvalue weighted by molar-refractivity contribution is 0.102. The second-order valence-corrected chi connectivity index (χ2v) is 5.30. The normalized spacial score (nSPS) is 10.5. The van der Waals surface area contributed by atoms with E-state index in [2.05, 4.69) is 15.6 Å². The standard InChI is InChI=1S/C18H16FN3O3/c1-2-11-24-15-9-5-13(6-10-15)18(23)20-17-16(21-25-22-17)12-3-7-14(19)8-4-12/h3-10H,2,11H2,1H3,(H,20,22,23). The van der Waals surface area contributed by atoms with Crippen LogP contribution in [0, 0.1) is 5.82 Å². The van der Waals surface area contributed by atoms with Gasteiger partial charge in [-0.2, -0.15) is 0 Å². The number of benzene rings is 2. The molecule has 3 aromatic rings. The summed E-state index contributed by atoms with van der Waals surface area (Å²) >= 11 is 0. The van der Waals surface area contributed by atoms with Crippen molar-refractivity contribution in [1.82, 2.24) is 10.3 Å². The molecule has 0 aliphatic heterocycles. The molecule has 0 aliphatic rings. The molecule has 128 valence electrons. The van der Waals surface area contributed by atoms with Crippen LogP contribution in [0.4, 0.5) is 10.2 Å². The van der Waals surface area contributed by atoms with Crippen LogP contribution in [0.15, 0.2) is 53.2 Å². The molecule has 7 heteroatoms. The van der Waals surface area contributed by atoms with Crippen LogP contribution in [-0.2, 0) is 0 Å². The molecule has 25 heavy (non-hydrogen) atoms. The zero-order valence-electron chi connectivity index (χ0n) is 13.5. The average Bonchev–Trinajstić information content (AvgIpc) is 3.09. The van der Waals surface area contributed by atoms with Crippen molar-refractivity contribution >= 4 is 11.7 Å². The van der Waals surface area contributed by atoms with Crippen molar-refractivity contribution in [2.75, 3.05) is 11.9 Å². The van der Waals surface area contributed by atoms with Gasteiger partial charge in [-0.3, -0.25) is 4.79 Å². The van der Waals surface area contributed by atoms with E-state index in [1.807, 2.05) is 6.92 Å². The Kier molecular flexibility index (Phi) is 5.03. The van der Waals surface area contributed by atoms with Crippen LogP contribution < -0.4 is 10.1 Å². The second-order valence-electron chi connectivity index (χ2n) is 5.30. The summed E-state index contributed by atoms with van der Waals surface area (Å²) in [4.78, 5) is 12.4. The van der Waals surface area contributed by atoms with Crippen LogP contribution in [0.1, 0.15) is 23.7 Å². The van der Waals surface area contributed by atoms with Gasteiger partial charge in [0.05, 0.1) is 6.61 Å². The molecule has 1 aromatic heterocycles. The monoisotopic (exact) mass is 341 g/mol. The van der Waals surface area contributed by atoms with Gasteiger partial charge in [0, 0.05) is 11.1 Å².